The summed E-state index contributed by atoms with van der Waals surface area (Å²) in [4.78, 5) is 18.3. The lowest BCUT2D eigenvalue weighted by Crippen LogP contribution is -2.24. The van der Waals surface area contributed by atoms with Crippen LogP contribution in [0.15, 0.2) is 53.1 Å². The third kappa shape index (κ3) is 4.27. The number of carbonyl (C=O) groups excluding carboxylic acids is 1. The molecule has 0 aliphatic carbocycles. The zero-order valence-corrected chi connectivity index (χ0v) is 15.7. The number of aromatic nitrogens is 2. The molecule has 1 fully saturated rings. The molecule has 5 nitrogen and oxygen atoms in total. The number of hydrogen-bond acceptors (Lipinski definition) is 4. The molecule has 1 aliphatic heterocycles. The number of halogens is 4. The van der Waals surface area contributed by atoms with Gasteiger partial charge in [0.2, 0.25) is 17.6 Å². The molecular formula is C20H15ClF3N3O2. The van der Waals surface area contributed by atoms with Crippen molar-refractivity contribution in [1.29, 1.82) is 0 Å². The Labute approximate surface area is 169 Å². The van der Waals surface area contributed by atoms with Crippen molar-refractivity contribution in [2.75, 3.05) is 6.54 Å². The van der Waals surface area contributed by atoms with Crippen LogP contribution >= 0.6 is 11.6 Å². The second-order valence-electron chi connectivity index (χ2n) is 6.84. The van der Waals surface area contributed by atoms with Gasteiger partial charge in [-0.15, -0.1) is 0 Å². The number of rotatable bonds is 4. The topological polar surface area (TPSA) is 59.2 Å². The monoisotopic (exact) mass is 421 g/mol. The Bertz CT molecular complexity index is 1030. The predicted octanol–water partition coefficient (Wildman–Crippen LogP) is 4.92. The first kappa shape index (κ1) is 19.4. The number of hydrogen-bond donors (Lipinski definition) is 0. The maximum atomic E-state index is 12.9. The van der Waals surface area contributed by atoms with E-state index in [1.54, 1.807) is 17.0 Å². The smallest absolute Gasteiger partial charge is 0.339 e. The van der Waals surface area contributed by atoms with Crippen LogP contribution in [0.25, 0.3) is 11.4 Å². The van der Waals surface area contributed by atoms with Crippen molar-refractivity contribution in [3.05, 3.63) is 70.6 Å². The molecule has 0 radical (unpaired) electrons. The quantitative estimate of drug-likeness (QED) is 0.599. The van der Waals surface area contributed by atoms with Gasteiger partial charge in [-0.2, -0.15) is 18.2 Å². The highest BCUT2D eigenvalue weighted by Gasteiger charge is 2.35. The molecule has 1 saturated heterocycles. The van der Waals surface area contributed by atoms with E-state index in [1.165, 1.54) is 12.1 Å². The minimum Gasteiger partial charge on any atom is -0.339 e. The Morgan fingerprint density at radius 1 is 1.17 bits per heavy atom. The third-order valence-corrected chi connectivity index (χ3v) is 4.99. The number of likely N-dealkylation sites (tertiary alicyclic amines) is 1. The molecule has 1 aliphatic rings. The highest BCUT2D eigenvalue weighted by Crippen LogP contribution is 2.33. The van der Waals surface area contributed by atoms with Crippen LogP contribution in [0.3, 0.4) is 0 Å². The molecule has 9 heteroatoms. The van der Waals surface area contributed by atoms with Crippen molar-refractivity contribution >= 4 is 17.5 Å². The summed E-state index contributed by atoms with van der Waals surface area (Å²) in [7, 11) is 0. The van der Waals surface area contributed by atoms with Crippen molar-refractivity contribution in [1.82, 2.24) is 15.0 Å². The molecule has 2 aromatic carbocycles. The van der Waals surface area contributed by atoms with Gasteiger partial charge in [-0.3, -0.25) is 4.79 Å². The highest BCUT2D eigenvalue weighted by atomic mass is 35.5. The van der Waals surface area contributed by atoms with E-state index in [0.29, 0.717) is 18.1 Å². The largest absolute Gasteiger partial charge is 0.416 e. The van der Waals surface area contributed by atoms with Crippen molar-refractivity contribution < 1.29 is 22.5 Å². The Kier molecular flexibility index (Phi) is 5.04. The van der Waals surface area contributed by atoms with Gasteiger partial charge < -0.3 is 9.42 Å². The van der Waals surface area contributed by atoms with Gasteiger partial charge in [0.1, 0.15) is 0 Å². The molecule has 4 rings (SSSR count). The number of carbonyl (C=O) groups is 1. The van der Waals surface area contributed by atoms with Crippen molar-refractivity contribution in [3.63, 3.8) is 0 Å². The van der Waals surface area contributed by atoms with E-state index < -0.39 is 11.7 Å². The van der Waals surface area contributed by atoms with Crippen LogP contribution in [-0.4, -0.2) is 27.5 Å². The summed E-state index contributed by atoms with van der Waals surface area (Å²) in [5.74, 6) is -0.0512. The van der Waals surface area contributed by atoms with Crippen LogP contribution in [0.1, 0.15) is 29.4 Å². The Balaban J connectivity index is 1.49. The summed E-state index contributed by atoms with van der Waals surface area (Å²) in [6.45, 7) is 0.826. The Morgan fingerprint density at radius 2 is 1.93 bits per heavy atom. The van der Waals surface area contributed by atoms with E-state index in [4.69, 9.17) is 16.1 Å². The molecular weight excluding hydrogens is 407 g/mol. The molecule has 1 aromatic heterocycles. The first-order valence-electron chi connectivity index (χ1n) is 8.83. The van der Waals surface area contributed by atoms with Gasteiger partial charge in [0, 0.05) is 30.1 Å². The molecule has 1 amide bonds. The van der Waals surface area contributed by atoms with Gasteiger partial charge in [-0.05, 0) is 29.8 Å². The Hall–Kier alpha value is -2.87. The fourth-order valence-corrected chi connectivity index (χ4v) is 3.38. The zero-order chi connectivity index (χ0) is 20.6. The zero-order valence-electron chi connectivity index (χ0n) is 15.0. The van der Waals surface area contributed by atoms with Gasteiger partial charge in [-0.1, -0.05) is 41.0 Å². The average molecular weight is 422 g/mol. The highest BCUT2D eigenvalue weighted by molar-refractivity contribution is 6.30. The van der Waals surface area contributed by atoms with E-state index in [9.17, 15) is 18.0 Å². The number of alkyl halides is 3. The molecule has 2 heterocycles. The predicted molar refractivity (Wildman–Crippen MR) is 99.0 cm³/mol. The first-order chi connectivity index (χ1) is 13.8. The molecule has 3 aromatic rings. The van der Waals surface area contributed by atoms with E-state index in [2.05, 4.69) is 10.1 Å². The molecule has 150 valence electrons. The summed E-state index contributed by atoms with van der Waals surface area (Å²) >= 11 is 5.88. The maximum Gasteiger partial charge on any atom is 0.416 e. The normalized spacial score (nSPS) is 17.2. The number of benzene rings is 2. The lowest BCUT2D eigenvalue weighted by molar-refractivity contribution is -0.137. The summed E-state index contributed by atoms with van der Waals surface area (Å²) < 4.78 is 44.0. The van der Waals surface area contributed by atoms with Gasteiger partial charge in [0.05, 0.1) is 11.5 Å². The fourth-order valence-electron chi connectivity index (χ4n) is 3.25. The molecule has 0 N–H and O–H groups in total. The average Bonchev–Trinajstić information content (AvgIpc) is 3.30. The van der Waals surface area contributed by atoms with E-state index in [1.807, 2.05) is 12.1 Å². The lowest BCUT2D eigenvalue weighted by atomic mass is 10.1. The SMILES string of the molecule is O=C1CC(c2nc(-c3cccc(C(F)(F)F)c3)no2)CN1Cc1ccc(Cl)cc1. The summed E-state index contributed by atoms with van der Waals surface area (Å²) in [6, 6.07) is 11.9. The van der Waals surface area contributed by atoms with Crippen LogP contribution in [0.5, 0.6) is 0 Å². The molecule has 29 heavy (non-hydrogen) atoms. The van der Waals surface area contributed by atoms with E-state index >= 15 is 0 Å². The molecule has 1 atom stereocenters. The second-order valence-corrected chi connectivity index (χ2v) is 7.27. The van der Waals surface area contributed by atoms with Crippen LogP contribution in [0.2, 0.25) is 5.02 Å². The minimum atomic E-state index is -4.46. The van der Waals surface area contributed by atoms with E-state index in [-0.39, 0.29) is 35.5 Å². The number of nitrogens with zero attached hydrogens (tertiary/aromatic N) is 3. The van der Waals surface area contributed by atoms with E-state index in [0.717, 1.165) is 17.7 Å². The summed E-state index contributed by atoms with van der Waals surface area (Å²) in [5, 5.41) is 4.42. The second kappa shape index (κ2) is 7.51. The molecule has 0 saturated carbocycles. The van der Waals surface area contributed by atoms with Gasteiger partial charge >= 0.3 is 6.18 Å². The van der Waals surface area contributed by atoms with Crippen molar-refractivity contribution in [2.24, 2.45) is 0 Å². The fraction of sp³-hybridized carbons (Fsp3) is 0.250. The number of amides is 1. The maximum absolute atomic E-state index is 12.9. The minimum absolute atomic E-state index is 0.0521. The third-order valence-electron chi connectivity index (χ3n) is 4.74. The van der Waals surface area contributed by atoms with Crippen molar-refractivity contribution in [2.45, 2.75) is 25.1 Å². The van der Waals surface area contributed by atoms with Gasteiger partial charge in [-0.25, -0.2) is 0 Å². The summed E-state index contributed by atoms with van der Waals surface area (Å²) in [5.41, 5.74) is 0.363. The van der Waals surface area contributed by atoms with Crippen LogP contribution in [0.4, 0.5) is 13.2 Å². The van der Waals surface area contributed by atoms with Gasteiger partial charge in [0.25, 0.3) is 0 Å². The molecule has 1 unspecified atom stereocenters. The van der Waals surface area contributed by atoms with Crippen LogP contribution < -0.4 is 0 Å². The van der Waals surface area contributed by atoms with Crippen LogP contribution in [-0.2, 0) is 17.5 Å². The van der Waals surface area contributed by atoms with Crippen LogP contribution in [0, 0.1) is 0 Å². The van der Waals surface area contributed by atoms with Crippen molar-refractivity contribution in [3.8, 4) is 11.4 Å². The lowest BCUT2D eigenvalue weighted by Gasteiger charge is -2.16. The molecule has 0 spiro atoms. The standard InChI is InChI=1S/C20H15ClF3N3O2/c21-16-6-4-12(5-7-16)10-27-11-14(9-17(27)28)19-25-18(26-29-19)13-2-1-3-15(8-13)20(22,23)24/h1-8,14H,9-11H2. The summed E-state index contributed by atoms with van der Waals surface area (Å²) in [6.07, 6.45) is -4.25. The van der Waals surface area contributed by atoms with Gasteiger partial charge in [0.15, 0.2) is 0 Å². The molecule has 0 bridgehead atoms. The Morgan fingerprint density at radius 3 is 2.66 bits per heavy atom. The first-order valence-corrected chi connectivity index (χ1v) is 9.21.